The first-order valence-electron chi connectivity index (χ1n) is 11.9. The smallest absolute Gasteiger partial charge is 0.265 e. The van der Waals surface area contributed by atoms with Crippen LogP contribution in [0.4, 0.5) is 11.4 Å². The summed E-state index contributed by atoms with van der Waals surface area (Å²) in [5.41, 5.74) is 1.32. The second-order valence-corrected chi connectivity index (χ2v) is 10.9. The van der Waals surface area contributed by atoms with Crippen LogP contribution < -0.4 is 15.0 Å². The fraction of sp³-hybridized carbons (Fsp3) is 0.480. The topological polar surface area (TPSA) is 82.2 Å². The number of hydrogen-bond donors (Lipinski definition) is 1. The molecular formula is C25H34N4O4S. The lowest BCUT2D eigenvalue weighted by Crippen LogP contribution is -2.45. The number of anilines is 2. The largest absolute Gasteiger partial charge is 0.481 e. The van der Waals surface area contributed by atoms with Crippen LogP contribution in [0.3, 0.4) is 0 Å². The Morgan fingerprint density at radius 3 is 2.29 bits per heavy atom. The number of sulfonamides is 1. The maximum Gasteiger partial charge on any atom is 0.265 e. The Balaban J connectivity index is 1.60. The molecule has 1 amide bonds. The van der Waals surface area contributed by atoms with E-state index in [-0.39, 0.29) is 10.8 Å². The molecule has 2 fully saturated rings. The summed E-state index contributed by atoms with van der Waals surface area (Å²) in [6, 6.07) is 14.3. The van der Waals surface area contributed by atoms with Crippen molar-refractivity contribution in [1.82, 2.24) is 9.21 Å². The Bertz CT molecular complexity index is 1080. The molecule has 0 aromatic heterocycles. The summed E-state index contributed by atoms with van der Waals surface area (Å²) >= 11 is 0. The molecule has 8 nitrogen and oxygen atoms in total. The second kappa shape index (κ2) is 10.8. The van der Waals surface area contributed by atoms with Crippen LogP contribution in [0.15, 0.2) is 53.4 Å². The second-order valence-electron chi connectivity index (χ2n) is 9.00. The number of likely N-dealkylation sites (N-methyl/N-ethyl adjacent to an activating group) is 1. The van der Waals surface area contributed by atoms with Crippen molar-refractivity contribution in [3.63, 3.8) is 0 Å². The number of carbonyl (C=O) groups is 1. The molecule has 2 aromatic rings. The van der Waals surface area contributed by atoms with Gasteiger partial charge in [0, 0.05) is 39.3 Å². The van der Waals surface area contributed by atoms with Crippen molar-refractivity contribution in [3.05, 3.63) is 48.5 Å². The monoisotopic (exact) mass is 486 g/mol. The standard InChI is InChI=1S/C25H34N4O4S/c1-20(33-21-9-5-3-6-10-21)25(30)26-23-19-22(34(31,32)29-13-7-4-8-14-29)11-12-24(23)28-17-15-27(2)16-18-28/h3,5-6,9-12,19-20H,4,7-8,13-18H2,1-2H3,(H,26,30). The number of para-hydroxylation sites is 1. The number of benzene rings is 2. The van der Waals surface area contributed by atoms with E-state index in [2.05, 4.69) is 22.2 Å². The molecule has 2 heterocycles. The summed E-state index contributed by atoms with van der Waals surface area (Å²) in [5.74, 6) is 0.276. The molecule has 2 aromatic carbocycles. The van der Waals surface area contributed by atoms with Gasteiger partial charge in [0.2, 0.25) is 10.0 Å². The van der Waals surface area contributed by atoms with Gasteiger partial charge in [0.1, 0.15) is 5.75 Å². The molecule has 9 heteroatoms. The summed E-state index contributed by atoms with van der Waals surface area (Å²) in [6.07, 6.45) is 2.05. The van der Waals surface area contributed by atoms with E-state index < -0.39 is 16.1 Å². The number of ether oxygens (including phenoxy) is 1. The van der Waals surface area contributed by atoms with Crippen molar-refractivity contribution in [3.8, 4) is 5.75 Å². The number of nitrogens with one attached hydrogen (secondary N) is 1. The van der Waals surface area contributed by atoms with Crippen LogP contribution in [-0.4, -0.2) is 76.0 Å². The zero-order valence-electron chi connectivity index (χ0n) is 19.9. The first kappa shape index (κ1) is 24.5. The van der Waals surface area contributed by atoms with Crippen LogP contribution in [0, 0.1) is 0 Å². The van der Waals surface area contributed by atoms with Crippen LogP contribution in [0.25, 0.3) is 0 Å². The van der Waals surface area contributed by atoms with Gasteiger partial charge in [0.15, 0.2) is 6.10 Å². The number of amides is 1. The minimum Gasteiger partial charge on any atom is -0.481 e. The Hall–Kier alpha value is -2.62. The molecule has 0 spiro atoms. The number of nitrogens with zero attached hydrogens (tertiary/aromatic N) is 3. The molecule has 2 saturated heterocycles. The first-order valence-corrected chi connectivity index (χ1v) is 13.4. The van der Waals surface area contributed by atoms with E-state index in [0.29, 0.717) is 24.5 Å². The summed E-state index contributed by atoms with van der Waals surface area (Å²) in [7, 11) is -1.54. The Morgan fingerprint density at radius 2 is 1.62 bits per heavy atom. The molecule has 34 heavy (non-hydrogen) atoms. The van der Waals surface area contributed by atoms with E-state index in [1.54, 1.807) is 35.5 Å². The van der Waals surface area contributed by atoms with Gasteiger partial charge in [0.05, 0.1) is 16.3 Å². The zero-order chi connectivity index (χ0) is 24.1. The van der Waals surface area contributed by atoms with E-state index in [1.165, 1.54) is 0 Å². The molecule has 1 unspecified atom stereocenters. The van der Waals surface area contributed by atoms with Crippen molar-refractivity contribution < 1.29 is 17.9 Å². The van der Waals surface area contributed by atoms with Crippen LogP contribution in [0.5, 0.6) is 5.75 Å². The first-order chi connectivity index (χ1) is 16.3. The highest BCUT2D eigenvalue weighted by Gasteiger charge is 2.28. The molecule has 0 bridgehead atoms. The summed E-state index contributed by atoms with van der Waals surface area (Å²) < 4.78 is 33.9. The Labute approximate surface area is 202 Å². The quantitative estimate of drug-likeness (QED) is 0.648. The van der Waals surface area contributed by atoms with Gasteiger partial charge >= 0.3 is 0 Å². The third-order valence-corrected chi connectivity index (χ3v) is 8.34. The van der Waals surface area contributed by atoms with E-state index >= 15 is 0 Å². The van der Waals surface area contributed by atoms with Crippen LogP contribution in [-0.2, 0) is 14.8 Å². The molecule has 0 radical (unpaired) electrons. The fourth-order valence-electron chi connectivity index (χ4n) is 4.34. The number of hydrogen-bond acceptors (Lipinski definition) is 6. The van der Waals surface area contributed by atoms with Crippen molar-refractivity contribution in [1.29, 1.82) is 0 Å². The summed E-state index contributed by atoms with van der Waals surface area (Å²) in [5, 5.41) is 2.95. The molecule has 2 aliphatic heterocycles. The zero-order valence-corrected chi connectivity index (χ0v) is 20.8. The average molecular weight is 487 g/mol. The fourth-order valence-corrected chi connectivity index (χ4v) is 5.89. The molecule has 1 N–H and O–H groups in total. The van der Waals surface area contributed by atoms with Crippen LogP contribution in [0.1, 0.15) is 26.2 Å². The lowest BCUT2D eigenvalue weighted by atomic mass is 10.2. The molecule has 2 aliphatic rings. The molecule has 0 aliphatic carbocycles. The third kappa shape index (κ3) is 5.71. The molecule has 4 rings (SSSR count). The van der Waals surface area contributed by atoms with Gasteiger partial charge in [-0.15, -0.1) is 0 Å². The van der Waals surface area contributed by atoms with E-state index in [0.717, 1.165) is 51.1 Å². The number of carbonyl (C=O) groups excluding carboxylic acids is 1. The van der Waals surface area contributed by atoms with Gasteiger partial charge in [0.25, 0.3) is 5.91 Å². The van der Waals surface area contributed by atoms with Crippen molar-refractivity contribution >= 4 is 27.3 Å². The maximum absolute atomic E-state index is 13.3. The molecule has 0 saturated carbocycles. The van der Waals surface area contributed by atoms with E-state index in [1.807, 2.05) is 24.3 Å². The SMILES string of the molecule is CC(Oc1ccccc1)C(=O)Nc1cc(S(=O)(=O)N2CCCCC2)ccc1N1CCN(C)CC1. The molecule has 1 atom stereocenters. The lowest BCUT2D eigenvalue weighted by molar-refractivity contribution is -0.122. The van der Waals surface area contributed by atoms with Gasteiger partial charge in [-0.05, 0) is 57.1 Å². The van der Waals surface area contributed by atoms with E-state index in [9.17, 15) is 13.2 Å². The maximum atomic E-state index is 13.3. The van der Waals surface area contributed by atoms with Gasteiger partial charge < -0.3 is 19.9 Å². The van der Waals surface area contributed by atoms with Gasteiger partial charge in [-0.25, -0.2) is 8.42 Å². The molecular weight excluding hydrogens is 452 g/mol. The highest BCUT2D eigenvalue weighted by molar-refractivity contribution is 7.89. The van der Waals surface area contributed by atoms with Crippen LogP contribution >= 0.6 is 0 Å². The highest BCUT2D eigenvalue weighted by Crippen LogP contribution is 2.32. The average Bonchev–Trinajstić information content (AvgIpc) is 2.85. The van der Waals surface area contributed by atoms with Crippen molar-refractivity contribution in [2.45, 2.75) is 37.2 Å². The van der Waals surface area contributed by atoms with Crippen molar-refractivity contribution in [2.75, 3.05) is 56.5 Å². The minimum absolute atomic E-state index is 0.208. The Morgan fingerprint density at radius 1 is 0.941 bits per heavy atom. The van der Waals surface area contributed by atoms with Gasteiger partial charge in [-0.3, -0.25) is 4.79 Å². The summed E-state index contributed by atoms with van der Waals surface area (Å²) in [4.78, 5) is 17.7. The van der Waals surface area contributed by atoms with Gasteiger partial charge in [-0.1, -0.05) is 24.6 Å². The number of piperidine rings is 1. The van der Waals surface area contributed by atoms with E-state index in [4.69, 9.17) is 4.74 Å². The minimum atomic E-state index is -3.62. The predicted molar refractivity (Wildman–Crippen MR) is 134 cm³/mol. The van der Waals surface area contributed by atoms with Crippen molar-refractivity contribution in [2.24, 2.45) is 0 Å². The highest BCUT2D eigenvalue weighted by atomic mass is 32.2. The lowest BCUT2D eigenvalue weighted by Gasteiger charge is -2.35. The van der Waals surface area contributed by atoms with Gasteiger partial charge in [-0.2, -0.15) is 4.31 Å². The number of piperazine rings is 1. The number of rotatable bonds is 7. The van der Waals surface area contributed by atoms with Crippen LogP contribution in [0.2, 0.25) is 0 Å². The third-order valence-electron chi connectivity index (χ3n) is 6.45. The normalized spacial score (nSPS) is 18.9. The molecule has 184 valence electrons. The Kier molecular flexibility index (Phi) is 7.75. The predicted octanol–water partition coefficient (Wildman–Crippen LogP) is 3.02. The summed E-state index contributed by atoms with van der Waals surface area (Å²) in [6.45, 7) is 6.15.